The molecule has 0 bridgehead atoms. The van der Waals surface area contributed by atoms with Crippen molar-refractivity contribution >= 4 is 11.4 Å². The molecule has 0 aliphatic heterocycles. The Bertz CT molecular complexity index is 127. The minimum absolute atomic E-state index is 0.116. The lowest BCUT2D eigenvalue weighted by molar-refractivity contribution is 0.183. The van der Waals surface area contributed by atoms with Gasteiger partial charge in [-0.2, -0.15) is 0 Å². The lowest BCUT2D eigenvalue weighted by Gasteiger charge is -2.16. The maximum absolute atomic E-state index is 10.2. The minimum Gasteiger partial charge on any atom is -0.750 e. The van der Waals surface area contributed by atoms with Crippen molar-refractivity contribution in [1.29, 1.82) is 0 Å². The van der Waals surface area contributed by atoms with Gasteiger partial charge in [-0.15, -0.1) is 0 Å². The van der Waals surface area contributed by atoms with Gasteiger partial charge in [-0.05, 0) is 12.8 Å². The molecule has 0 aromatic carbocycles. The number of hydrogen-bond donors (Lipinski definition) is 0. The maximum atomic E-state index is 10.2. The van der Waals surface area contributed by atoms with Crippen molar-refractivity contribution in [3.05, 3.63) is 0 Å². The van der Waals surface area contributed by atoms with Crippen LogP contribution in [0, 0.1) is 0 Å². The Hall–Kier alpha value is 0.0700. The molecule has 2 unspecified atom stereocenters. The Balaban J connectivity index is 3.46. The molecule has 0 aliphatic rings. The maximum Gasteiger partial charge on any atom is 0.0844 e. The molecule has 0 fully saturated rings. The average molecular weight is 193 g/mol. The van der Waals surface area contributed by atoms with Gasteiger partial charge >= 0.3 is 0 Å². The molecule has 4 heteroatoms. The van der Waals surface area contributed by atoms with E-state index in [2.05, 4.69) is 11.1 Å². The van der Waals surface area contributed by atoms with Crippen LogP contribution in [0.4, 0.5) is 0 Å². The van der Waals surface area contributed by atoms with E-state index in [4.69, 9.17) is 0 Å². The van der Waals surface area contributed by atoms with Crippen molar-refractivity contribution in [3.8, 4) is 0 Å². The Morgan fingerprint density at radius 1 is 1.42 bits per heavy atom. The molecule has 0 heterocycles. The summed E-state index contributed by atoms with van der Waals surface area (Å²) in [5.41, 5.74) is 0. The number of rotatable bonds is 7. The van der Waals surface area contributed by atoms with Crippen LogP contribution < -0.4 is 0 Å². The van der Waals surface area contributed by atoms with Crippen LogP contribution >= 0.6 is 0 Å². The summed E-state index contributed by atoms with van der Waals surface area (Å²) in [6.07, 6.45) is 4.83. The molecule has 3 nitrogen and oxygen atoms in total. The molecule has 12 heavy (non-hydrogen) atoms. The van der Waals surface area contributed by atoms with Gasteiger partial charge in [0, 0.05) is 0 Å². The van der Waals surface area contributed by atoms with Gasteiger partial charge < -0.3 is 4.55 Å². The smallest absolute Gasteiger partial charge is 0.0844 e. The summed E-state index contributed by atoms with van der Waals surface area (Å²) in [4.78, 5) is 0. The van der Waals surface area contributed by atoms with Crippen LogP contribution in [0.1, 0.15) is 46.0 Å². The van der Waals surface area contributed by atoms with Gasteiger partial charge in [-0.1, -0.05) is 33.1 Å². The highest BCUT2D eigenvalue weighted by molar-refractivity contribution is 7.74. The topological polar surface area (TPSA) is 49.4 Å². The molecule has 0 amide bonds. The summed E-state index contributed by atoms with van der Waals surface area (Å²) >= 11 is -2.35. The van der Waals surface area contributed by atoms with Gasteiger partial charge in [0.15, 0.2) is 0 Å². The molecule has 0 aliphatic carbocycles. The lowest BCUT2D eigenvalue weighted by Crippen LogP contribution is -2.13. The Morgan fingerprint density at radius 3 is 2.50 bits per heavy atom. The summed E-state index contributed by atoms with van der Waals surface area (Å²) in [6, 6.07) is 0. The van der Waals surface area contributed by atoms with Gasteiger partial charge in [0.1, 0.15) is 0 Å². The van der Waals surface area contributed by atoms with E-state index in [0.717, 1.165) is 32.1 Å². The van der Waals surface area contributed by atoms with E-state index in [0.29, 0.717) is 0 Å². The van der Waals surface area contributed by atoms with Crippen molar-refractivity contribution in [1.82, 2.24) is 0 Å². The predicted octanol–water partition coefficient (Wildman–Crippen LogP) is 2.16. The van der Waals surface area contributed by atoms with E-state index in [9.17, 15) is 8.76 Å². The highest BCUT2D eigenvalue weighted by Gasteiger charge is 2.05. The normalized spacial score (nSPS) is 15.9. The zero-order valence-corrected chi connectivity index (χ0v) is 8.56. The molecule has 0 rings (SSSR count). The van der Waals surface area contributed by atoms with Crippen LogP contribution in [0.3, 0.4) is 0 Å². The zero-order chi connectivity index (χ0) is 9.40. The number of unbranched alkanes of at least 4 members (excludes halogenated alkanes) is 2. The van der Waals surface area contributed by atoms with Gasteiger partial charge in [-0.25, -0.2) is 4.21 Å². The summed E-state index contributed by atoms with van der Waals surface area (Å²) in [7, 11) is 0. The van der Waals surface area contributed by atoms with Crippen molar-refractivity contribution < 1.29 is 12.9 Å². The van der Waals surface area contributed by atoms with Crippen molar-refractivity contribution in [2.75, 3.05) is 0 Å². The van der Waals surface area contributed by atoms with Gasteiger partial charge in [-0.3, -0.25) is 4.18 Å². The Morgan fingerprint density at radius 2 is 2.08 bits per heavy atom. The molecule has 0 aromatic rings. The van der Waals surface area contributed by atoms with E-state index in [1.807, 2.05) is 6.92 Å². The fourth-order valence-electron chi connectivity index (χ4n) is 1.05. The largest absolute Gasteiger partial charge is 0.750 e. The van der Waals surface area contributed by atoms with Crippen LogP contribution in [0.25, 0.3) is 0 Å². The lowest BCUT2D eigenvalue weighted by atomic mass is 10.1. The van der Waals surface area contributed by atoms with Crippen LogP contribution in [-0.2, 0) is 15.5 Å². The second-order valence-corrected chi connectivity index (χ2v) is 3.43. The molecule has 0 N–H and O–H groups in total. The average Bonchev–Trinajstić information content (AvgIpc) is 2.02. The first kappa shape index (κ1) is 12.1. The molecule has 0 radical (unpaired) electrons. The van der Waals surface area contributed by atoms with Crippen molar-refractivity contribution in [3.63, 3.8) is 0 Å². The predicted molar refractivity (Wildman–Crippen MR) is 48.2 cm³/mol. The molecular weight excluding hydrogens is 176 g/mol. The summed E-state index contributed by atoms with van der Waals surface area (Å²) in [5, 5.41) is 0. The number of hydrogen-bond acceptors (Lipinski definition) is 3. The summed E-state index contributed by atoms with van der Waals surface area (Å²) in [5.74, 6) is 0. The monoisotopic (exact) mass is 193 g/mol. The third kappa shape index (κ3) is 6.76. The summed E-state index contributed by atoms with van der Waals surface area (Å²) in [6.45, 7) is 4.05. The fraction of sp³-hybridized carbons (Fsp3) is 1.00. The Kier molecular flexibility index (Phi) is 7.75. The molecular formula is C8H17O3S-. The third-order valence-corrected chi connectivity index (χ3v) is 2.23. The van der Waals surface area contributed by atoms with Crippen LogP contribution in [0.15, 0.2) is 0 Å². The molecule has 2 atom stereocenters. The second-order valence-electron chi connectivity index (χ2n) is 2.83. The Labute approximate surface area is 77.0 Å². The van der Waals surface area contributed by atoms with E-state index < -0.39 is 11.4 Å². The molecule has 0 saturated carbocycles. The summed E-state index contributed by atoms with van der Waals surface area (Å²) < 4.78 is 25.0. The van der Waals surface area contributed by atoms with E-state index in [1.165, 1.54) is 0 Å². The van der Waals surface area contributed by atoms with E-state index >= 15 is 0 Å². The fourth-order valence-corrected chi connectivity index (χ4v) is 1.51. The van der Waals surface area contributed by atoms with Crippen LogP contribution in [-0.4, -0.2) is 14.9 Å². The van der Waals surface area contributed by atoms with E-state index in [1.54, 1.807) is 0 Å². The first-order chi connectivity index (χ1) is 5.70. The minimum atomic E-state index is -2.35. The molecule has 0 saturated heterocycles. The first-order valence-electron chi connectivity index (χ1n) is 4.47. The van der Waals surface area contributed by atoms with Crippen molar-refractivity contribution in [2.45, 2.75) is 52.1 Å². The van der Waals surface area contributed by atoms with Crippen LogP contribution in [0.2, 0.25) is 0 Å². The highest BCUT2D eigenvalue weighted by Crippen LogP contribution is 2.10. The second kappa shape index (κ2) is 7.71. The van der Waals surface area contributed by atoms with Gasteiger partial charge in [0.05, 0.1) is 17.5 Å². The molecule has 0 aromatic heterocycles. The quantitative estimate of drug-likeness (QED) is 0.460. The molecule has 0 spiro atoms. The molecule has 74 valence electrons. The van der Waals surface area contributed by atoms with E-state index in [-0.39, 0.29) is 6.10 Å². The van der Waals surface area contributed by atoms with Gasteiger partial charge in [0.25, 0.3) is 0 Å². The SMILES string of the molecule is CCCCCC(CC)OS(=O)[O-]. The van der Waals surface area contributed by atoms with Gasteiger partial charge in [0.2, 0.25) is 0 Å². The standard InChI is InChI=1S/C8H18O3S/c1-3-5-6-7-8(4-2)11-12(9)10/h8H,3-7H2,1-2H3,(H,9,10)/p-1. The highest BCUT2D eigenvalue weighted by atomic mass is 32.2. The van der Waals surface area contributed by atoms with Crippen LogP contribution in [0.5, 0.6) is 0 Å². The first-order valence-corrected chi connectivity index (χ1v) is 5.47. The van der Waals surface area contributed by atoms with Crippen molar-refractivity contribution in [2.24, 2.45) is 0 Å². The third-order valence-electron chi connectivity index (χ3n) is 1.80. The zero-order valence-electron chi connectivity index (χ0n) is 7.75.